The Morgan fingerprint density at radius 3 is 2.92 bits per heavy atom. The Morgan fingerprint density at radius 2 is 2.16 bits per heavy atom. The van der Waals surface area contributed by atoms with Crippen LogP contribution in [0, 0.1) is 12.7 Å². The molecular weight excluding hydrogens is 317 g/mol. The van der Waals surface area contributed by atoms with E-state index in [0.29, 0.717) is 17.7 Å². The lowest BCUT2D eigenvalue weighted by Gasteiger charge is -2.31. The Morgan fingerprint density at radius 1 is 1.28 bits per heavy atom. The number of halogens is 1. The molecule has 2 heterocycles. The minimum atomic E-state index is -0.342. The third-order valence-electron chi connectivity index (χ3n) is 4.72. The second kappa shape index (κ2) is 8.21. The first-order valence-electron chi connectivity index (χ1n) is 8.83. The van der Waals surface area contributed by atoms with E-state index in [-0.39, 0.29) is 17.8 Å². The van der Waals surface area contributed by atoms with Crippen LogP contribution in [-0.2, 0) is 6.54 Å². The number of benzene rings is 1. The molecule has 2 aromatic rings. The molecule has 1 aromatic carbocycles. The zero-order valence-electron chi connectivity index (χ0n) is 14.5. The molecule has 1 aromatic heterocycles. The number of amides is 1. The van der Waals surface area contributed by atoms with Crippen LogP contribution in [0.3, 0.4) is 0 Å². The highest BCUT2D eigenvalue weighted by Crippen LogP contribution is 2.20. The van der Waals surface area contributed by atoms with Crippen molar-refractivity contribution in [3.63, 3.8) is 0 Å². The van der Waals surface area contributed by atoms with Crippen LogP contribution in [0.4, 0.5) is 4.39 Å². The molecule has 0 aliphatic carbocycles. The van der Waals surface area contributed by atoms with Crippen molar-refractivity contribution in [2.45, 2.75) is 38.8 Å². The minimum absolute atomic E-state index is 0.128. The van der Waals surface area contributed by atoms with Crippen molar-refractivity contribution in [2.24, 2.45) is 0 Å². The summed E-state index contributed by atoms with van der Waals surface area (Å²) in [5.74, 6) is -0.470. The van der Waals surface area contributed by atoms with Gasteiger partial charge in [0.25, 0.3) is 5.91 Å². The Labute approximate surface area is 148 Å². The van der Waals surface area contributed by atoms with Crippen LogP contribution in [0.15, 0.2) is 42.6 Å². The highest BCUT2D eigenvalue weighted by Gasteiger charge is 2.26. The molecule has 1 atom stereocenters. The van der Waals surface area contributed by atoms with Crippen LogP contribution in [0.2, 0.25) is 0 Å². The Bertz CT molecular complexity index is 712. The highest BCUT2D eigenvalue weighted by molar-refractivity contribution is 5.94. The Balaban J connectivity index is 1.88. The molecule has 1 fully saturated rings. The van der Waals surface area contributed by atoms with Gasteiger partial charge in [0, 0.05) is 17.8 Å². The predicted molar refractivity (Wildman–Crippen MR) is 95.8 cm³/mol. The minimum Gasteiger partial charge on any atom is -0.330 e. The number of aromatic nitrogens is 1. The quantitative estimate of drug-likeness (QED) is 0.928. The normalized spacial score (nSPS) is 17.8. The molecule has 0 radical (unpaired) electrons. The third kappa shape index (κ3) is 4.42. The van der Waals surface area contributed by atoms with Crippen LogP contribution in [0.1, 0.15) is 40.9 Å². The SMILES string of the molecule is Cc1ccc(C(=O)N(Cc2ccccn2)C2CCCNCC2)cc1F. The van der Waals surface area contributed by atoms with Crippen molar-refractivity contribution in [1.82, 2.24) is 15.2 Å². The molecule has 0 bridgehead atoms. The molecule has 1 amide bonds. The van der Waals surface area contributed by atoms with Crippen LogP contribution < -0.4 is 5.32 Å². The lowest BCUT2D eigenvalue weighted by atomic mass is 10.0. The van der Waals surface area contributed by atoms with Gasteiger partial charge in [-0.05, 0) is 69.1 Å². The number of carbonyl (C=O) groups is 1. The molecule has 132 valence electrons. The van der Waals surface area contributed by atoms with E-state index in [9.17, 15) is 9.18 Å². The summed E-state index contributed by atoms with van der Waals surface area (Å²) in [6.45, 7) is 4.01. The first kappa shape index (κ1) is 17.5. The second-order valence-electron chi connectivity index (χ2n) is 6.55. The van der Waals surface area contributed by atoms with Gasteiger partial charge in [0.15, 0.2) is 0 Å². The summed E-state index contributed by atoms with van der Waals surface area (Å²) in [7, 11) is 0. The summed E-state index contributed by atoms with van der Waals surface area (Å²) in [5, 5.41) is 3.38. The summed E-state index contributed by atoms with van der Waals surface area (Å²) < 4.78 is 13.9. The van der Waals surface area contributed by atoms with Crippen molar-refractivity contribution in [3.8, 4) is 0 Å². The number of hydrogen-bond acceptors (Lipinski definition) is 3. The fourth-order valence-electron chi connectivity index (χ4n) is 3.24. The van der Waals surface area contributed by atoms with Crippen LogP contribution in [-0.4, -0.2) is 34.9 Å². The smallest absolute Gasteiger partial charge is 0.254 e. The maximum atomic E-state index is 13.9. The molecule has 0 saturated carbocycles. The molecule has 1 aliphatic rings. The fraction of sp³-hybridized carbons (Fsp3) is 0.400. The number of nitrogens with zero attached hydrogens (tertiary/aromatic N) is 2. The Kier molecular flexibility index (Phi) is 5.76. The molecular formula is C20H24FN3O. The number of pyridine rings is 1. The van der Waals surface area contributed by atoms with Gasteiger partial charge in [0.2, 0.25) is 0 Å². The monoisotopic (exact) mass is 341 g/mol. The average molecular weight is 341 g/mol. The van der Waals surface area contributed by atoms with Crippen LogP contribution >= 0.6 is 0 Å². The first-order chi connectivity index (χ1) is 12.1. The van der Waals surface area contributed by atoms with E-state index in [4.69, 9.17) is 0 Å². The van der Waals surface area contributed by atoms with Gasteiger partial charge in [0.1, 0.15) is 5.82 Å². The molecule has 0 spiro atoms. The average Bonchev–Trinajstić information content (AvgIpc) is 2.91. The predicted octanol–water partition coefficient (Wildman–Crippen LogP) is 3.31. The summed E-state index contributed by atoms with van der Waals surface area (Å²) in [6, 6.07) is 10.6. The number of nitrogens with one attached hydrogen (secondary N) is 1. The molecule has 25 heavy (non-hydrogen) atoms. The van der Waals surface area contributed by atoms with Gasteiger partial charge in [-0.2, -0.15) is 0 Å². The zero-order valence-corrected chi connectivity index (χ0v) is 14.5. The maximum Gasteiger partial charge on any atom is 0.254 e. The van der Waals surface area contributed by atoms with Crippen molar-refractivity contribution in [1.29, 1.82) is 0 Å². The number of hydrogen-bond donors (Lipinski definition) is 1. The van der Waals surface area contributed by atoms with Crippen molar-refractivity contribution >= 4 is 5.91 Å². The van der Waals surface area contributed by atoms with Crippen LogP contribution in [0.5, 0.6) is 0 Å². The molecule has 1 aliphatic heterocycles. The van der Waals surface area contributed by atoms with E-state index in [1.807, 2.05) is 23.1 Å². The maximum absolute atomic E-state index is 13.9. The third-order valence-corrected chi connectivity index (χ3v) is 4.72. The van der Waals surface area contributed by atoms with Gasteiger partial charge in [-0.1, -0.05) is 12.1 Å². The first-order valence-corrected chi connectivity index (χ1v) is 8.83. The van der Waals surface area contributed by atoms with Gasteiger partial charge in [0.05, 0.1) is 12.2 Å². The molecule has 3 rings (SSSR count). The van der Waals surface area contributed by atoms with Gasteiger partial charge >= 0.3 is 0 Å². The lowest BCUT2D eigenvalue weighted by Crippen LogP contribution is -2.40. The molecule has 5 heteroatoms. The second-order valence-corrected chi connectivity index (χ2v) is 6.55. The van der Waals surface area contributed by atoms with E-state index in [2.05, 4.69) is 10.3 Å². The van der Waals surface area contributed by atoms with Crippen LogP contribution in [0.25, 0.3) is 0 Å². The van der Waals surface area contributed by atoms with Gasteiger partial charge in [-0.15, -0.1) is 0 Å². The summed E-state index contributed by atoms with van der Waals surface area (Å²) in [6.07, 6.45) is 4.60. The number of aryl methyl sites for hydroxylation is 1. The lowest BCUT2D eigenvalue weighted by molar-refractivity contribution is 0.0642. The molecule has 1 N–H and O–H groups in total. The van der Waals surface area contributed by atoms with Crippen molar-refractivity contribution in [3.05, 3.63) is 65.2 Å². The zero-order chi connectivity index (χ0) is 17.6. The molecule has 1 saturated heterocycles. The molecule has 1 unspecified atom stereocenters. The fourth-order valence-corrected chi connectivity index (χ4v) is 3.24. The largest absolute Gasteiger partial charge is 0.330 e. The topological polar surface area (TPSA) is 45.2 Å². The summed E-state index contributed by atoms with van der Waals surface area (Å²) in [5.41, 5.74) is 1.79. The molecule has 4 nitrogen and oxygen atoms in total. The van der Waals surface area contributed by atoms with Crippen molar-refractivity contribution < 1.29 is 9.18 Å². The van der Waals surface area contributed by atoms with Crippen molar-refractivity contribution in [2.75, 3.05) is 13.1 Å². The van der Waals surface area contributed by atoms with E-state index >= 15 is 0 Å². The van der Waals surface area contributed by atoms with Gasteiger partial charge in [-0.3, -0.25) is 9.78 Å². The van der Waals surface area contributed by atoms with E-state index in [1.54, 1.807) is 25.3 Å². The highest BCUT2D eigenvalue weighted by atomic mass is 19.1. The van der Waals surface area contributed by atoms with E-state index in [1.165, 1.54) is 6.07 Å². The number of carbonyl (C=O) groups excluding carboxylic acids is 1. The van der Waals surface area contributed by atoms with Gasteiger partial charge in [-0.25, -0.2) is 4.39 Å². The van der Waals surface area contributed by atoms with Gasteiger partial charge < -0.3 is 10.2 Å². The Hall–Kier alpha value is -2.27. The summed E-state index contributed by atoms with van der Waals surface area (Å²) in [4.78, 5) is 19.4. The summed E-state index contributed by atoms with van der Waals surface area (Å²) >= 11 is 0. The van der Waals surface area contributed by atoms with E-state index in [0.717, 1.165) is 38.0 Å². The number of rotatable bonds is 4. The standard InChI is InChI=1S/C20H24FN3O/c1-15-7-8-16(13-19(15)21)20(25)24(14-17-5-2-3-11-23-17)18-6-4-10-22-12-9-18/h2-3,5,7-8,11,13,18,22H,4,6,9-10,12,14H2,1H3. The van der Waals surface area contributed by atoms with E-state index < -0.39 is 0 Å².